The maximum Gasteiger partial charge on any atom is 0.253 e. The zero-order chi connectivity index (χ0) is 26.2. The summed E-state index contributed by atoms with van der Waals surface area (Å²) in [5, 5.41) is 3.04. The Balaban J connectivity index is 1.17. The van der Waals surface area contributed by atoms with Crippen molar-refractivity contribution < 1.29 is 18.0 Å². The van der Waals surface area contributed by atoms with Gasteiger partial charge in [-0.3, -0.25) is 9.59 Å². The lowest BCUT2D eigenvalue weighted by Crippen LogP contribution is -2.49. The average molecular weight is 542 g/mol. The molecule has 1 aromatic carbocycles. The van der Waals surface area contributed by atoms with E-state index < -0.39 is 10.0 Å². The molecule has 1 aromatic heterocycles. The Morgan fingerprint density at radius 1 is 1.08 bits per heavy atom. The van der Waals surface area contributed by atoms with Crippen LogP contribution in [0.5, 0.6) is 0 Å². The molecule has 3 fully saturated rings. The quantitative estimate of drug-likeness (QED) is 0.559. The molecule has 0 saturated carbocycles. The predicted octanol–water partition coefficient (Wildman–Crippen LogP) is 2.11. The van der Waals surface area contributed by atoms with Crippen molar-refractivity contribution in [3.8, 4) is 0 Å². The van der Waals surface area contributed by atoms with Gasteiger partial charge < -0.3 is 15.1 Å². The van der Waals surface area contributed by atoms with Crippen LogP contribution < -0.4 is 10.2 Å². The highest BCUT2D eigenvalue weighted by Gasteiger charge is 2.45. The molecule has 0 bridgehead atoms. The van der Waals surface area contributed by atoms with Gasteiger partial charge in [-0.15, -0.1) is 11.8 Å². The second-order valence-corrected chi connectivity index (χ2v) is 13.0. The number of amides is 2. The number of carbonyl (C=O) groups excluding carboxylic acids is 2. The van der Waals surface area contributed by atoms with Crippen LogP contribution in [0.4, 0.5) is 5.82 Å². The van der Waals surface area contributed by atoms with Crippen molar-refractivity contribution >= 4 is 39.4 Å². The lowest BCUT2D eigenvalue weighted by molar-refractivity contribution is -0.116. The SMILES string of the molecule is C=CC(=O)NC1CC2CN(S(=O)(=O)c3ccc(C(=O)N4CCN(c5cccc(C)n5)CC4)cc3)CC2S1. The second kappa shape index (κ2) is 10.5. The minimum absolute atomic E-state index is 0.00871. The smallest absolute Gasteiger partial charge is 0.253 e. The number of hydrogen-bond acceptors (Lipinski definition) is 7. The highest BCUT2D eigenvalue weighted by Crippen LogP contribution is 2.43. The van der Waals surface area contributed by atoms with Gasteiger partial charge in [0.25, 0.3) is 5.91 Å². The van der Waals surface area contributed by atoms with Gasteiger partial charge in [-0.25, -0.2) is 13.4 Å². The summed E-state index contributed by atoms with van der Waals surface area (Å²) in [5.74, 6) is 0.815. The zero-order valence-electron chi connectivity index (χ0n) is 20.7. The van der Waals surface area contributed by atoms with E-state index in [1.54, 1.807) is 28.8 Å². The van der Waals surface area contributed by atoms with Crippen LogP contribution in [-0.2, 0) is 14.8 Å². The first kappa shape index (κ1) is 25.7. The number of benzene rings is 1. The molecule has 3 saturated heterocycles. The van der Waals surface area contributed by atoms with Gasteiger partial charge in [-0.1, -0.05) is 12.6 Å². The van der Waals surface area contributed by atoms with Crippen LogP contribution in [0.15, 0.2) is 60.0 Å². The molecular formula is C26H31N5O4S2. The number of nitrogens with one attached hydrogen (secondary N) is 1. The summed E-state index contributed by atoms with van der Waals surface area (Å²) in [5.41, 5.74) is 1.44. The first-order valence-electron chi connectivity index (χ1n) is 12.4. The van der Waals surface area contributed by atoms with Gasteiger partial charge in [0.15, 0.2) is 0 Å². The molecule has 11 heteroatoms. The Morgan fingerprint density at radius 2 is 1.81 bits per heavy atom. The van der Waals surface area contributed by atoms with Crippen LogP contribution in [0.1, 0.15) is 22.5 Å². The Hall–Kier alpha value is -2.89. The third kappa shape index (κ3) is 5.39. The standard InChI is InChI=1S/C26H31N5O4S2/c1-3-24(32)28-25-15-20-16-31(17-22(20)36-25)37(34,35)21-9-7-19(8-10-21)26(33)30-13-11-29(12-14-30)23-6-4-5-18(2)27-23/h3-10,20,22,25H,1,11-17H2,2H3,(H,28,32). The lowest BCUT2D eigenvalue weighted by Gasteiger charge is -2.35. The average Bonchev–Trinajstić information content (AvgIpc) is 3.48. The monoisotopic (exact) mass is 541 g/mol. The van der Waals surface area contributed by atoms with E-state index in [2.05, 4.69) is 21.8 Å². The summed E-state index contributed by atoms with van der Waals surface area (Å²) in [4.78, 5) is 33.4. The summed E-state index contributed by atoms with van der Waals surface area (Å²) in [6.45, 7) is 8.84. The molecule has 0 radical (unpaired) electrons. The number of aryl methyl sites for hydroxylation is 1. The molecule has 196 valence electrons. The second-order valence-electron chi connectivity index (χ2n) is 9.63. The maximum atomic E-state index is 13.3. The third-order valence-electron chi connectivity index (χ3n) is 7.20. The maximum absolute atomic E-state index is 13.3. The molecule has 37 heavy (non-hydrogen) atoms. The minimum Gasteiger partial charge on any atom is -0.353 e. The summed E-state index contributed by atoms with van der Waals surface area (Å²) in [7, 11) is -3.66. The molecule has 4 heterocycles. The number of rotatable bonds is 6. The van der Waals surface area contributed by atoms with E-state index in [9.17, 15) is 18.0 Å². The van der Waals surface area contributed by atoms with E-state index in [1.165, 1.54) is 22.5 Å². The molecule has 3 unspecified atom stereocenters. The molecule has 0 aliphatic carbocycles. The van der Waals surface area contributed by atoms with Crippen LogP contribution in [0.3, 0.4) is 0 Å². The highest BCUT2D eigenvalue weighted by molar-refractivity contribution is 8.00. The first-order chi connectivity index (χ1) is 17.7. The predicted molar refractivity (Wildman–Crippen MR) is 144 cm³/mol. The molecule has 1 N–H and O–H groups in total. The molecule has 3 aliphatic rings. The summed E-state index contributed by atoms with van der Waals surface area (Å²) in [6.07, 6.45) is 1.99. The summed E-state index contributed by atoms with van der Waals surface area (Å²) < 4.78 is 28.1. The first-order valence-corrected chi connectivity index (χ1v) is 14.8. The van der Waals surface area contributed by atoms with E-state index in [0.29, 0.717) is 44.8 Å². The van der Waals surface area contributed by atoms with Crippen molar-refractivity contribution in [3.63, 3.8) is 0 Å². The molecule has 2 aromatic rings. The van der Waals surface area contributed by atoms with E-state index in [4.69, 9.17) is 0 Å². The number of thioether (sulfide) groups is 1. The minimum atomic E-state index is -3.66. The molecule has 2 amide bonds. The van der Waals surface area contributed by atoms with Gasteiger partial charge in [-0.2, -0.15) is 4.31 Å². The molecule has 3 aliphatic heterocycles. The van der Waals surface area contributed by atoms with E-state index in [0.717, 1.165) is 17.9 Å². The van der Waals surface area contributed by atoms with Crippen LogP contribution in [0.2, 0.25) is 0 Å². The van der Waals surface area contributed by atoms with Crippen LogP contribution >= 0.6 is 11.8 Å². The Bertz CT molecular complexity index is 1280. The number of carbonyl (C=O) groups is 2. The van der Waals surface area contributed by atoms with Gasteiger partial charge >= 0.3 is 0 Å². The Labute approximate surface area is 222 Å². The molecule has 9 nitrogen and oxygen atoms in total. The van der Waals surface area contributed by atoms with Crippen molar-refractivity contribution in [1.82, 2.24) is 19.5 Å². The number of sulfonamides is 1. The summed E-state index contributed by atoms with van der Waals surface area (Å²) in [6, 6.07) is 12.2. The van der Waals surface area contributed by atoms with Gasteiger partial charge in [0, 0.05) is 55.8 Å². The topological polar surface area (TPSA) is 103 Å². The van der Waals surface area contributed by atoms with Crippen molar-refractivity contribution in [3.05, 3.63) is 66.4 Å². The number of hydrogen-bond donors (Lipinski definition) is 1. The fourth-order valence-electron chi connectivity index (χ4n) is 5.18. The molecular weight excluding hydrogens is 510 g/mol. The number of fused-ring (bicyclic) bond motifs is 1. The number of aromatic nitrogens is 1. The summed E-state index contributed by atoms with van der Waals surface area (Å²) >= 11 is 1.62. The third-order valence-corrected chi connectivity index (χ3v) is 10.6. The fourth-order valence-corrected chi connectivity index (χ4v) is 8.44. The van der Waals surface area contributed by atoms with E-state index >= 15 is 0 Å². The van der Waals surface area contributed by atoms with Gasteiger partial charge in [0.05, 0.1) is 10.3 Å². The van der Waals surface area contributed by atoms with Crippen LogP contribution in [-0.4, -0.2) is 84.3 Å². The van der Waals surface area contributed by atoms with E-state index in [-0.39, 0.29) is 33.3 Å². The molecule has 0 spiro atoms. The van der Waals surface area contributed by atoms with Gasteiger partial charge in [-0.05, 0) is 61.7 Å². The van der Waals surface area contributed by atoms with Crippen molar-refractivity contribution in [1.29, 1.82) is 0 Å². The molecule has 3 atom stereocenters. The Kier molecular flexibility index (Phi) is 7.28. The van der Waals surface area contributed by atoms with Crippen LogP contribution in [0.25, 0.3) is 0 Å². The number of anilines is 1. The van der Waals surface area contributed by atoms with Gasteiger partial charge in [0.2, 0.25) is 15.9 Å². The van der Waals surface area contributed by atoms with Crippen molar-refractivity contribution in [2.24, 2.45) is 5.92 Å². The highest BCUT2D eigenvalue weighted by atomic mass is 32.2. The van der Waals surface area contributed by atoms with Crippen LogP contribution in [0, 0.1) is 12.8 Å². The fraction of sp³-hybridized carbons (Fsp3) is 0.423. The number of nitrogens with zero attached hydrogens (tertiary/aromatic N) is 4. The van der Waals surface area contributed by atoms with E-state index in [1.807, 2.05) is 25.1 Å². The normalized spacial score (nSPS) is 24.1. The zero-order valence-corrected chi connectivity index (χ0v) is 22.4. The largest absolute Gasteiger partial charge is 0.353 e. The number of piperazine rings is 1. The van der Waals surface area contributed by atoms with Crippen molar-refractivity contribution in [2.45, 2.75) is 28.9 Å². The Morgan fingerprint density at radius 3 is 2.46 bits per heavy atom. The van der Waals surface area contributed by atoms with Crippen molar-refractivity contribution in [2.75, 3.05) is 44.2 Å². The molecule has 5 rings (SSSR count). The van der Waals surface area contributed by atoms with Gasteiger partial charge in [0.1, 0.15) is 5.82 Å². The lowest BCUT2D eigenvalue weighted by atomic mass is 10.1. The number of pyridine rings is 1.